The molecule has 2 atom stereocenters. The molecule has 1 aromatic carbocycles. The largest absolute Gasteiger partial charge is 0.389 e. The molecule has 3 N–H and O–H groups in total. The number of ether oxygens (including phenoxy) is 1. The topological polar surface area (TPSA) is 65.0 Å². The number of hydrogen-bond acceptors (Lipinski definition) is 5. The summed E-state index contributed by atoms with van der Waals surface area (Å²) in [6.07, 6.45) is -1.29. The van der Waals surface area contributed by atoms with Gasteiger partial charge in [0.15, 0.2) is 0 Å². The minimum atomic E-state index is -0.643. The summed E-state index contributed by atoms with van der Waals surface area (Å²) in [7, 11) is 1.69. The smallest absolute Gasteiger partial charge is 0.0990 e. The number of aliphatic hydroxyl groups is 2. The number of nitrogens with zero attached hydrogens (tertiary/aromatic N) is 1. The average molecular weight is 266 g/mol. The zero-order valence-electron chi connectivity index (χ0n) is 11.2. The lowest BCUT2D eigenvalue weighted by atomic mass is 10.2. The Balaban J connectivity index is 1.85. The fraction of sp³-hybridized carbons (Fsp3) is 0.571. The molecule has 1 saturated heterocycles. The zero-order chi connectivity index (χ0) is 13.7. The van der Waals surface area contributed by atoms with Crippen LogP contribution in [0.1, 0.15) is 5.56 Å². The van der Waals surface area contributed by atoms with Crippen molar-refractivity contribution in [1.82, 2.24) is 5.32 Å². The maximum atomic E-state index is 9.54. The van der Waals surface area contributed by atoms with Gasteiger partial charge in [0.25, 0.3) is 0 Å². The van der Waals surface area contributed by atoms with Gasteiger partial charge in [-0.25, -0.2) is 0 Å². The number of rotatable bonds is 6. The highest BCUT2D eigenvalue weighted by molar-refractivity contribution is 5.49. The zero-order valence-corrected chi connectivity index (χ0v) is 11.2. The van der Waals surface area contributed by atoms with E-state index in [1.54, 1.807) is 7.11 Å². The quantitative estimate of drug-likeness (QED) is 0.631. The Hall–Kier alpha value is -1.14. The first kappa shape index (κ1) is 14.3. The van der Waals surface area contributed by atoms with Crippen molar-refractivity contribution >= 4 is 5.69 Å². The lowest BCUT2D eigenvalue weighted by Gasteiger charge is -2.18. The summed E-state index contributed by atoms with van der Waals surface area (Å²) in [5.41, 5.74) is 2.25. The third-order valence-electron chi connectivity index (χ3n) is 3.37. The normalized spacial score (nSPS) is 23.0. The van der Waals surface area contributed by atoms with Gasteiger partial charge in [-0.05, 0) is 17.7 Å². The maximum Gasteiger partial charge on any atom is 0.0990 e. The number of benzene rings is 1. The van der Waals surface area contributed by atoms with E-state index in [0.29, 0.717) is 19.7 Å². The van der Waals surface area contributed by atoms with E-state index in [2.05, 4.69) is 17.4 Å². The molecule has 1 aromatic rings. The number of nitrogens with one attached hydrogen (secondary N) is 1. The summed E-state index contributed by atoms with van der Waals surface area (Å²) in [6, 6.07) is 8.18. The Morgan fingerprint density at radius 2 is 1.84 bits per heavy atom. The third-order valence-corrected chi connectivity index (χ3v) is 3.37. The molecule has 1 fully saturated rings. The average Bonchev–Trinajstić information content (AvgIpc) is 2.76. The first-order chi connectivity index (χ1) is 9.20. The van der Waals surface area contributed by atoms with E-state index in [1.807, 2.05) is 17.0 Å². The van der Waals surface area contributed by atoms with Gasteiger partial charge in [-0.15, -0.1) is 0 Å². The van der Waals surface area contributed by atoms with Gasteiger partial charge in [-0.3, -0.25) is 0 Å². The van der Waals surface area contributed by atoms with Gasteiger partial charge < -0.3 is 25.2 Å². The number of β-amino-alcohol motifs (C(OH)–C–C–N with tert-alkyl or cyclic N) is 2. The summed E-state index contributed by atoms with van der Waals surface area (Å²) in [6.45, 7) is 3.35. The van der Waals surface area contributed by atoms with Crippen LogP contribution in [0.3, 0.4) is 0 Å². The minimum absolute atomic E-state index is 0.493. The second kappa shape index (κ2) is 6.86. The van der Waals surface area contributed by atoms with Gasteiger partial charge in [0.2, 0.25) is 0 Å². The molecule has 19 heavy (non-hydrogen) atoms. The Bertz CT molecular complexity index is 373. The van der Waals surface area contributed by atoms with E-state index in [0.717, 1.165) is 18.8 Å². The van der Waals surface area contributed by atoms with Crippen molar-refractivity contribution in [3.63, 3.8) is 0 Å². The molecule has 0 bridgehead atoms. The van der Waals surface area contributed by atoms with Crippen molar-refractivity contribution in [3.8, 4) is 0 Å². The monoisotopic (exact) mass is 266 g/mol. The summed E-state index contributed by atoms with van der Waals surface area (Å²) >= 11 is 0. The fourth-order valence-electron chi connectivity index (χ4n) is 2.21. The van der Waals surface area contributed by atoms with Crippen LogP contribution in [-0.4, -0.2) is 55.8 Å². The summed E-state index contributed by atoms with van der Waals surface area (Å²) in [5, 5.41) is 22.4. The summed E-state index contributed by atoms with van der Waals surface area (Å²) in [4.78, 5) is 2.00. The number of hydrogen-bond donors (Lipinski definition) is 3. The molecule has 0 aliphatic carbocycles. The molecule has 1 aliphatic rings. The van der Waals surface area contributed by atoms with Gasteiger partial charge in [0.05, 0.1) is 18.8 Å². The van der Waals surface area contributed by atoms with Gasteiger partial charge in [-0.2, -0.15) is 0 Å². The van der Waals surface area contributed by atoms with Crippen LogP contribution < -0.4 is 10.2 Å². The Morgan fingerprint density at radius 3 is 2.42 bits per heavy atom. The second-order valence-corrected chi connectivity index (χ2v) is 4.88. The molecule has 5 nitrogen and oxygen atoms in total. The van der Waals surface area contributed by atoms with E-state index in [-0.39, 0.29) is 0 Å². The lowest BCUT2D eigenvalue weighted by Crippen LogP contribution is -2.22. The molecule has 1 heterocycles. The molecular formula is C14H22N2O3. The standard InChI is InChI=1S/C14H22N2O3/c1-19-7-6-15-8-11-2-4-12(5-3-11)16-9-13(17)14(18)10-16/h2-5,13-15,17-18H,6-10H2,1H3. The van der Waals surface area contributed by atoms with E-state index in [9.17, 15) is 10.2 Å². The van der Waals surface area contributed by atoms with Crippen LogP contribution in [0.2, 0.25) is 0 Å². The first-order valence-corrected chi connectivity index (χ1v) is 6.60. The molecule has 2 unspecified atom stereocenters. The van der Waals surface area contributed by atoms with Crippen molar-refractivity contribution in [1.29, 1.82) is 0 Å². The third kappa shape index (κ3) is 3.91. The molecule has 0 amide bonds. The van der Waals surface area contributed by atoms with Crippen LogP contribution >= 0.6 is 0 Å². The van der Waals surface area contributed by atoms with Crippen LogP contribution in [0.25, 0.3) is 0 Å². The second-order valence-electron chi connectivity index (χ2n) is 4.88. The molecule has 0 aromatic heterocycles. The lowest BCUT2D eigenvalue weighted by molar-refractivity contribution is 0.0572. The van der Waals surface area contributed by atoms with E-state index in [1.165, 1.54) is 5.56 Å². The van der Waals surface area contributed by atoms with E-state index < -0.39 is 12.2 Å². The molecule has 106 valence electrons. The molecule has 1 aliphatic heterocycles. The minimum Gasteiger partial charge on any atom is -0.389 e. The predicted molar refractivity (Wildman–Crippen MR) is 74.3 cm³/mol. The van der Waals surface area contributed by atoms with Crippen LogP contribution in [0.5, 0.6) is 0 Å². The van der Waals surface area contributed by atoms with Crippen LogP contribution in [0.15, 0.2) is 24.3 Å². The predicted octanol–water partition coefficient (Wildman–Crippen LogP) is -0.0356. The summed E-state index contributed by atoms with van der Waals surface area (Å²) in [5.74, 6) is 0. The van der Waals surface area contributed by atoms with Crippen molar-refractivity contribution in [3.05, 3.63) is 29.8 Å². The molecule has 0 radical (unpaired) electrons. The Labute approximate surface area is 113 Å². The van der Waals surface area contributed by atoms with Gasteiger partial charge in [-0.1, -0.05) is 12.1 Å². The molecule has 5 heteroatoms. The highest BCUT2D eigenvalue weighted by Gasteiger charge is 2.29. The van der Waals surface area contributed by atoms with Crippen molar-refractivity contribution in [2.45, 2.75) is 18.8 Å². The maximum absolute atomic E-state index is 9.54. The van der Waals surface area contributed by atoms with Gasteiger partial charge >= 0.3 is 0 Å². The van der Waals surface area contributed by atoms with Crippen LogP contribution in [0.4, 0.5) is 5.69 Å². The molecule has 0 saturated carbocycles. The van der Waals surface area contributed by atoms with Crippen LogP contribution in [0, 0.1) is 0 Å². The number of anilines is 1. The molecule has 0 spiro atoms. The first-order valence-electron chi connectivity index (χ1n) is 6.60. The number of methoxy groups -OCH3 is 1. The summed E-state index contributed by atoms with van der Waals surface area (Å²) < 4.78 is 4.97. The van der Waals surface area contributed by atoms with Crippen molar-refractivity contribution < 1.29 is 14.9 Å². The van der Waals surface area contributed by atoms with Crippen molar-refractivity contribution in [2.75, 3.05) is 38.3 Å². The highest BCUT2D eigenvalue weighted by Crippen LogP contribution is 2.21. The molecule has 2 rings (SSSR count). The highest BCUT2D eigenvalue weighted by atomic mass is 16.5. The van der Waals surface area contributed by atoms with Crippen molar-refractivity contribution in [2.24, 2.45) is 0 Å². The van der Waals surface area contributed by atoms with Crippen LogP contribution in [-0.2, 0) is 11.3 Å². The Kier molecular flexibility index (Phi) is 5.15. The van der Waals surface area contributed by atoms with E-state index in [4.69, 9.17) is 4.74 Å². The van der Waals surface area contributed by atoms with Gasteiger partial charge in [0, 0.05) is 39.0 Å². The Morgan fingerprint density at radius 1 is 1.21 bits per heavy atom. The van der Waals surface area contributed by atoms with E-state index >= 15 is 0 Å². The fourth-order valence-corrected chi connectivity index (χ4v) is 2.21. The van der Waals surface area contributed by atoms with Gasteiger partial charge in [0.1, 0.15) is 0 Å². The SMILES string of the molecule is COCCNCc1ccc(N2CC(O)C(O)C2)cc1. The molecular weight excluding hydrogens is 244 g/mol. The number of aliphatic hydroxyl groups excluding tert-OH is 2.